The first-order valence-corrected chi connectivity index (χ1v) is 11.3. The van der Waals surface area contributed by atoms with Crippen molar-refractivity contribution < 1.29 is 5.11 Å². The van der Waals surface area contributed by atoms with E-state index in [1.807, 2.05) is 18.2 Å². The molecule has 0 amide bonds. The monoisotopic (exact) mass is 418 g/mol. The van der Waals surface area contributed by atoms with E-state index in [9.17, 15) is 5.11 Å². The Hall–Kier alpha value is -3.00. The van der Waals surface area contributed by atoms with Crippen LogP contribution in [0.1, 0.15) is 38.5 Å². The molecular weight excluding hydrogens is 396 g/mol. The van der Waals surface area contributed by atoms with Gasteiger partial charge in [0.05, 0.1) is 16.6 Å². The first-order chi connectivity index (χ1) is 14.7. The Morgan fingerprint density at radius 3 is 2.67 bits per heavy atom. The predicted octanol–water partition coefficient (Wildman–Crippen LogP) is 4.76. The van der Waals surface area contributed by atoms with E-state index in [4.69, 9.17) is 4.98 Å². The van der Waals surface area contributed by atoms with Gasteiger partial charge in [-0.15, -0.1) is 10.2 Å². The third-order valence-corrected chi connectivity index (χ3v) is 7.65. The fourth-order valence-corrected chi connectivity index (χ4v) is 5.96. The van der Waals surface area contributed by atoms with Crippen LogP contribution in [0.2, 0.25) is 0 Å². The molecule has 1 aromatic carbocycles. The van der Waals surface area contributed by atoms with Crippen molar-refractivity contribution in [2.24, 2.45) is 0 Å². The molecule has 8 heteroatoms. The van der Waals surface area contributed by atoms with Crippen molar-refractivity contribution in [3.63, 3.8) is 0 Å². The molecule has 2 N–H and O–H groups in total. The first kappa shape index (κ1) is 17.8. The molecule has 152 valence electrons. The smallest absolute Gasteiger partial charge is 0.194 e. The number of nitrogens with one attached hydrogen (secondary N) is 1. The second-order valence-corrected chi connectivity index (χ2v) is 9.33. The number of phenols is 1. The number of benzene rings is 1. The molecule has 4 heterocycles. The normalized spacial score (nSPS) is 18.1. The number of hydrogen-bond acceptors (Lipinski definition) is 7. The quantitative estimate of drug-likeness (QED) is 0.498. The minimum atomic E-state index is 0.177. The fraction of sp³-hybridized carbons (Fsp3) is 0.364. The number of aromatic nitrogens is 5. The molecule has 0 atom stereocenters. The van der Waals surface area contributed by atoms with Gasteiger partial charge in [0, 0.05) is 29.4 Å². The third kappa shape index (κ3) is 2.78. The second kappa shape index (κ2) is 6.77. The molecule has 0 radical (unpaired) electrons. The first-order valence-electron chi connectivity index (χ1n) is 10.5. The number of rotatable bonds is 3. The number of nitrogens with zero attached hydrogens (tertiary/aromatic N) is 5. The number of phenolic OH excluding ortho intramolecular Hbond substituents is 1. The molecule has 30 heavy (non-hydrogen) atoms. The molecular formula is C22H22N6OS. The van der Waals surface area contributed by atoms with Crippen LogP contribution >= 0.6 is 11.3 Å². The van der Waals surface area contributed by atoms with Gasteiger partial charge in [-0.05, 0) is 43.0 Å². The van der Waals surface area contributed by atoms with Crippen molar-refractivity contribution in [3.05, 3.63) is 36.7 Å². The number of thiazole rings is 1. The molecule has 3 aromatic heterocycles. The van der Waals surface area contributed by atoms with E-state index in [1.165, 1.54) is 38.5 Å². The van der Waals surface area contributed by atoms with Crippen LogP contribution in [0.4, 0.5) is 5.13 Å². The Bertz CT molecular complexity index is 1210. The Morgan fingerprint density at radius 2 is 1.93 bits per heavy atom. The lowest BCUT2D eigenvalue weighted by Crippen LogP contribution is -2.61. The van der Waals surface area contributed by atoms with Crippen molar-refractivity contribution in [1.29, 1.82) is 0 Å². The molecule has 0 bridgehead atoms. The van der Waals surface area contributed by atoms with Crippen LogP contribution in [-0.2, 0) is 0 Å². The summed E-state index contributed by atoms with van der Waals surface area (Å²) >= 11 is 1.68. The Labute approximate surface area is 177 Å². The van der Waals surface area contributed by atoms with E-state index in [-0.39, 0.29) is 5.75 Å². The van der Waals surface area contributed by atoms with Gasteiger partial charge in [0.15, 0.2) is 10.8 Å². The highest BCUT2D eigenvalue weighted by atomic mass is 32.1. The summed E-state index contributed by atoms with van der Waals surface area (Å²) in [5.74, 6) is 0.177. The number of anilines is 1. The van der Waals surface area contributed by atoms with E-state index in [0.717, 1.165) is 27.5 Å². The number of aromatic amines is 1. The highest BCUT2D eigenvalue weighted by Gasteiger charge is 2.46. The zero-order valence-corrected chi connectivity index (χ0v) is 17.3. The van der Waals surface area contributed by atoms with Crippen molar-refractivity contribution >= 4 is 26.8 Å². The van der Waals surface area contributed by atoms with Gasteiger partial charge in [-0.3, -0.25) is 5.10 Å². The topological polar surface area (TPSA) is 90.8 Å². The molecule has 0 unspecified atom stereocenters. The lowest BCUT2D eigenvalue weighted by atomic mass is 9.73. The Morgan fingerprint density at radius 1 is 1.03 bits per heavy atom. The van der Waals surface area contributed by atoms with Crippen LogP contribution < -0.4 is 4.90 Å². The average molecular weight is 419 g/mol. The van der Waals surface area contributed by atoms with Crippen LogP contribution in [-0.4, -0.2) is 42.6 Å². The SMILES string of the molecule is Oc1cc(-c2cn[nH]c2)ccc1-c1cc2sc(N3CCC34CCCCC4)nc2nn1. The molecule has 2 fully saturated rings. The van der Waals surface area contributed by atoms with Crippen molar-refractivity contribution in [2.45, 2.75) is 44.1 Å². The summed E-state index contributed by atoms with van der Waals surface area (Å²) < 4.78 is 1.01. The standard InChI is InChI=1S/C22H22N6OS/c29-18-10-14(15-12-23-24-13-15)4-5-16(18)17-11-19-20(27-26-17)25-21(30-19)28-9-8-22(28)6-2-1-3-7-22/h4-5,10-13,29H,1-3,6-9H2,(H,23,24). The summed E-state index contributed by atoms with van der Waals surface area (Å²) in [7, 11) is 0. The summed E-state index contributed by atoms with van der Waals surface area (Å²) in [6.45, 7) is 1.08. The summed E-state index contributed by atoms with van der Waals surface area (Å²) in [6.07, 6.45) is 11.3. The van der Waals surface area contributed by atoms with Crippen LogP contribution in [0.5, 0.6) is 5.75 Å². The van der Waals surface area contributed by atoms with Crippen LogP contribution in [0.15, 0.2) is 36.7 Å². The fourth-order valence-electron chi connectivity index (χ4n) is 4.88. The highest BCUT2D eigenvalue weighted by molar-refractivity contribution is 7.22. The summed E-state index contributed by atoms with van der Waals surface area (Å²) in [5.41, 5.74) is 4.16. The third-order valence-electron chi connectivity index (χ3n) is 6.64. The zero-order valence-electron chi connectivity index (χ0n) is 16.5. The number of H-pyrrole nitrogens is 1. The number of fused-ring (bicyclic) bond motifs is 1. The lowest BCUT2D eigenvalue weighted by Gasteiger charge is -2.55. The van der Waals surface area contributed by atoms with Gasteiger partial charge in [0.25, 0.3) is 0 Å². The number of aromatic hydroxyl groups is 1. The molecule has 7 nitrogen and oxygen atoms in total. The van der Waals surface area contributed by atoms with Crippen molar-refractivity contribution in [1.82, 2.24) is 25.4 Å². The largest absolute Gasteiger partial charge is 0.507 e. The van der Waals surface area contributed by atoms with E-state index < -0.39 is 0 Å². The van der Waals surface area contributed by atoms with Gasteiger partial charge in [-0.2, -0.15) is 10.1 Å². The highest BCUT2D eigenvalue weighted by Crippen LogP contribution is 2.47. The van der Waals surface area contributed by atoms with E-state index in [0.29, 0.717) is 22.4 Å². The van der Waals surface area contributed by atoms with Gasteiger partial charge in [-0.1, -0.05) is 36.7 Å². The molecule has 2 aliphatic rings. The minimum Gasteiger partial charge on any atom is -0.507 e. The average Bonchev–Trinajstić information content (AvgIpc) is 3.43. The van der Waals surface area contributed by atoms with E-state index in [1.54, 1.807) is 29.8 Å². The summed E-state index contributed by atoms with van der Waals surface area (Å²) in [4.78, 5) is 7.28. The molecule has 4 aromatic rings. The van der Waals surface area contributed by atoms with Crippen LogP contribution in [0, 0.1) is 0 Å². The van der Waals surface area contributed by atoms with Crippen LogP contribution in [0.3, 0.4) is 0 Å². The summed E-state index contributed by atoms with van der Waals surface area (Å²) in [5, 5.41) is 27.1. The minimum absolute atomic E-state index is 0.177. The Kier molecular flexibility index (Phi) is 4.02. The Balaban J connectivity index is 1.33. The van der Waals surface area contributed by atoms with Gasteiger partial charge in [0.1, 0.15) is 5.75 Å². The summed E-state index contributed by atoms with van der Waals surface area (Å²) in [6, 6.07) is 7.55. The predicted molar refractivity (Wildman–Crippen MR) is 118 cm³/mol. The van der Waals surface area contributed by atoms with Gasteiger partial charge < -0.3 is 10.0 Å². The lowest BCUT2D eigenvalue weighted by molar-refractivity contribution is 0.195. The van der Waals surface area contributed by atoms with E-state index >= 15 is 0 Å². The van der Waals surface area contributed by atoms with E-state index in [2.05, 4.69) is 25.3 Å². The maximum atomic E-state index is 10.6. The zero-order chi connectivity index (χ0) is 20.1. The van der Waals surface area contributed by atoms with Crippen LogP contribution in [0.25, 0.3) is 32.7 Å². The number of hydrogen-bond donors (Lipinski definition) is 2. The molecule has 1 saturated heterocycles. The van der Waals surface area contributed by atoms with Crippen molar-refractivity contribution in [2.75, 3.05) is 11.4 Å². The maximum Gasteiger partial charge on any atom is 0.194 e. The van der Waals surface area contributed by atoms with Crippen molar-refractivity contribution in [3.8, 4) is 28.1 Å². The molecule has 1 aliphatic carbocycles. The maximum absolute atomic E-state index is 10.6. The molecule has 1 aliphatic heterocycles. The van der Waals surface area contributed by atoms with Gasteiger partial charge in [0.2, 0.25) is 0 Å². The van der Waals surface area contributed by atoms with Gasteiger partial charge >= 0.3 is 0 Å². The second-order valence-electron chi connectivity index (χ2n) is 8.32. The molecule has 1 spiro atoms. The molecule has 6 rings (SSSR count). The van der Waals surface area contributed by atoms with Gasteiger partial charge in [-0.25, -0.2) is 0 Å². The molecule has 1 saturated carbocycles.